The van der Waals surface area contributed by atoms with E-state index in [1.165, 1.54) is 10.9 Å². The van der Waals surface area contributed by atoms with E-state index in [2.05, 4.69) is 36.9 Å². The molecule has 2 rings (SSSR count). The van der Waals surface area contributed by atoms with Crippen LogP contribution < -0.4 is 5.32 Å². The number of carboxylic acid groups (broad SMARTS) is 1. The van der Waals surface area contributed by atoms with Gasteiger partial charge in [-0.05, 0) is 29.2 Å². The van der Waals surface area contributed by atoms with Crippen molar-refractivity contribution >= 4 is 22.6 Å². The Hall–Kier alpha value is -1.97. The molecule has 0 unspecified atom stereocenters. The van der Waals surface area contributed by atoms with Gasteiger partial charge >= 0.3 is 5.97 Å². The summed E-state index contributed by atoms with van der Waals surface area (Å²) in [5, 5.41) is 12.8. The third kappa shape index (κ3) is 2.72. The molecule has 0 radical (unpaired) electrons. The minimum atomic E-state index is -0.857. The number of aromatic nitrogens is 1. The van der Waals surface area contributed by atoms with E-state index in [-0.39, 0.29) is 12.0 Å². The van der Waals surface area contributed by atoms with Gasteiger partial charge in [-0.3, -0.25) is 4.79 Å². The molecule has 0 spiro atoms. The molecule has 2 aromatic rings. The first kappa shape index (κ1) is 13.5. The third-order valence-corrected chi connectivity index (χ3v) is 3.24. The van der Waals surface area contributed by atoms with E-state index in [1.807, 2.05) is 25.2 Å². The number of carbonyl (C=O) groups is 1. The number of anilines is 1. The SMILES string of the molecule is Cn1cc(C(C)(C)C)c2cc(NCC(=O)O)ccc21. The van der Waals surface area contributed by atoms with E-state index in [1.54, 1.807) is 0 Å². The van der Waals surface area contributed by atoms with Crippen LogP contribution in [0.4, 0.5) is 5.69 Å². The summed E-state index contributed by atoms with van der Waals surface area (Å²) in [6.45, 7) is 6.47. The number of fused-ring (bicyclic) bond motifs is 1. The maximum Gasteiger partial charge on any atom is 0.322 e. The molecule has 0 fully saturated rings. The maximum absolute atomic E-state index is 10.6. The molecule has 0 atom stereocenters. The van der Waals surface area contributed by atoms with Crippen molar-refractivity contribution in [2.24, 2.45) is 7.05 Å². The highest BCUT2D eigenvalue weighted by atomic mass is 16.4. The third-order valence-electron chi connectivity index (χ3n) is 3.24. The number of aryl methyl sites for hydroxylation is 1. The molecule has 1 heterocycles. The number of hydrogen-bond donors (Lipinski definition) is 2. The number of nitrogens with zero attached hydrogens (tertiary/aromatic N) is 1. The zero-order valence-electron chi connectivity index (χ0n) is 11.8. The van der Waals surface area contributed by atoms with E-state index in [0.717, 1.165) is 11.2 Å². The van der Waals surface area contributed by atoms with Crippen molar-refractivity contribution in [3.05, 3.63) is 30.0 Å². The van der Waals surface area contributed by atoms with Crippen molar-refractivity contribution < 1.29 is 9.90 Å². The molecular weight excluding hydrogens is 240 g/mol. The van der Waals surface area contributed by atoms with Gasteiger partial charge in [0, 0.05) is 29.8 Å². The molecule has 0 amide bonds. The Balaban J connectivity index is 2.48. The van der Waals surface area contributed by atoms with Crippen LogP contribution in [0.3, 0.4) is 0 Å². The van der Waals surface area contributed by atoms with Crippen LogP contribution in [-0.2, 0) is 17.3 Å². The summed E-state index contributed by atoms with van der Waals surface area (Å²) in [6.07, 6.45) is 2.14. The lowest BCUT2D eigenvalue weighted by atomic mass is 9.87. The fraction of sp³-hybridized carbons (Fsp3) is 0.400. The van der Waals surface area contributed by atoms with E-state index in [0.29, 0.717) is 0 Å². The van der Waals surface area contributed by atoms with Gasteiger partial charge in [0.2, 0.25) is 0 Å². The second-order valence-electron chi connectivity index (χ2n) is 5.88. The predicted molar refractivity (Wildman–Crippen MR) is 77.7 cm³/mol. The molecule has 0 aliphatic rings. The monoisotopic (exact) mass is 260 g/mol. The lowest BCUT2D eigenvalue weighted by Crippen LogP contribution is -2.12. The minimum Gasteiger partial charge on any atom is -0.480 e. The molecule has 0 aliphatic carbocycles. The Morgan fingerprint density at radius 3 is 2.63 bits per heavy atom. The summed E-state index contributed by atoms with van der Waals surface area (Å²) in [4.78, 5) is 10.6. The van der Waals surface area contributed by atoms with Gasteiger partial charge in [0.1, 0.15) is 6.54 Å². The van der Waals surface area contributed by atoms with Crippen molar-refractivity contribution in [2.45, 2.75) is 26.2 Å². The summed E-state index contributed by atoms with van der Waals surface area (Å²) in [5.41, 5.74) is 3.33. The zero-order valence-corrected chi connectivity index (χ0v) is 11.8. The van der Waals surface area contributed by atoms with E-state index < -0.39 is 5.97 Å². The van der Waals surface area contributed by atoms with Crippen LogP contribution in [0.1, 0.15) is 26.3 Å². The largest absolute Gasteiger partial charge is 0.480 e. The molecule has 1 aromatic heterocycles. The summed E-state index contributed by atoms with van der Waals surface area (Å²) >= 11 is 0. The van der Waals surface area contributed by atoms with Crippen molar-refractivity contribution in [2.75, 3.05) is 11.9 Å². The normalized spacial score (nSPS) is 11.8. The first-order valence-corrected chi connectivity index (χ1v) is 6.34. The molecule has 1 aromatic carbocycles. The highest BCUT2D eigenvalue weighted by Crippen LogP contribution is 2.32. The average molecular weight is 260 g/mol. The van der Waals surface area contributed by atoms with Gasteiger partial charge in [0.25, 0.3) is 0 Å². The zero-order chi connectivity index (χ0) is 14.2. The van der Waals surface area contributed by atoms with Crippen LogP contribution >= 0.6 is 0 Å². The molecule has 102 valence electrons. The first-order valence-electron chi connectivity index (χ1n) is 6.34. The van der Waals surface area contributed by atoms with Crippen LogP contribution in [0.2, 0.25) is 0 Å². The van der Waals surface area contributed by atoms with Gasteiger partial charge < -0.3 is 15.0 Å². The van der Waals surface area contributed by atoms with Gasteiger partial charge in [-0.2, -0.15) is 0 Å². The van der Waals surface area contributed by atoms with Gasteiger partial charge in [-0.1, -0.05) is 20.8 Å². The van der Waals surface area contributed by atoms with E-state index >= 15 is 0 Å². The minimum absolute atomic E-state index is 0.0604. The summed E-state index contributed by atoms with van der Waals surface area (Å²) in [7, 11) is 2.03. The number of nitrogens with one attached hydrogen (secondary N) is 1. The fourth-order valence-corrected chi connectivity index (χ4v) is 2.28. The van der Waals surface area contributed by atoms with Crippen LogP contribution in [0.25, 0.3) is 10.9 Å². The van der Waals surface area contributed by atoms with Crippen molar-refractivity contribution in [1.82, 2.24) is 4.57 Å². The number of carboxylic acids is 1. The molecule has 0 bridgehead atoms. The smallest absolute Gasteiger partial charge is 0.322 e. The molecule has 0 aliphatic heterocycles. The second kappa shape index (κ2) is 4.61. The van der Waals surface area contributed by atoms with Gasteiger partial charge in [0.05, 0.1) is 0 Å². The van der Waals surface area contributed by atoms with Crippen LogP contribution in [0.15, 0.2) is 24.4 Å². The molecule has 4 heteroatoms. The standard InChI is InChI=1S/C15H20N2O2/c1-15(2,3)12-9-17(4)13-6-5-10(7-11(12)13)16-8-14(18)19/h5-7,9,16H,8H2,1-4H3,(H,18,19). The second-order valence-corrected chi connectivity index (χ2v) is 5.88. The van der Waals surface area contributed by atoms with Crippen LogP contribution in [0, 0.1) is 0 Å². The molecule has 4 nitrogen and oxygen atoms in total. The van der Waals surface area contributed by atoms with Crippen LogP contribution in [0.5, 0.6) is 0 Å². The number of aliphatic carboxylic acids is 1. The van der Waals surface area contributed by atoms with Gasteiger partial charge in [-0.15, -0.1) is 0 Å². The molecule has 0 saturated carbocycles. The first-order chi connectivity index (χ1) is 8.79. The maximum atomic E-state index is 10.6. The Labute approximate surface area is 113 Å². The average Bonchev–Trinajstić information content (AvgIpc) is 2.64. The lowest BCUT2D eigenvalue weighted by Gasteiger charge is -2.17. The molecular formula is C15H20N2O2. The summed E-state index contributed by atoms with van der Waals surface area (Å²) < 4.78 is 2.11. The highest BCUT2D eigenvalue weighted by Gasteiger charge is 2.19. The van der Waals surface area contributed by atoms with Crippen molar-refractivity contribution in [3.63, 3.8) is 0 Å². The van der Waals surface area contributed by atoms with Gasteiger partial charge in [-0.25, -0.2) is 0 Å². The van der Waals surface area contributed by atoms with E-state index in [4.69, 9.17) is 5.11 Å². The predicted octanol–water partition coefficient (Wildman–Crippen LogP) is 2.97. The summed E-state index contributed by atoms with van der Waals surface area (Å²) in [5.74, 6) is -0.857. The quantitative estimate of drug-likeness (QED) is 0.892. The fourth-order valence-electron chi connectivity index (χ4n) is 2.28. The topological polar surface area (TPSA) is 54.3 Å². The molecule has 19 heavy (non-hydrogen) atoms. The van der Waals surface area contributed by atoms with Crippen molar-refractivity contribution in [1.29, 1.82) is 0 Å². The number of benzene rings is 1. The molecule has 0 saturated heterocycles. The Morgan fingerprint density at radius 1 is 1.37 bits per heavy atom. The number of rotatable bonds is 3. The Morgan fingerprint density at radius 2 is 2.05 bits per heavy atom. The summed E-state index contributed by atoms with van der Waals surface area (Å²) in [6, 6.07) is 5.96. The Kier molecular flexibility index (Phi) is 3.27. The highest BCUT2D eigenvalue weighted by molar-refractivity contribution is 5.88. The Bertz CT molecular complexity index is 621. The van der Waals surface area contributed by atoms with Crippen LogP contribution in [-0.4, -0.2) is 22.2 Å². The van der Waals surface area contributed by atoms with Gasteiger partial charge in [0.15, 0.2) is 0 Å². The van der Waals surface area contributed by atoms with E-state index in [9.17, 15) is 4.79 Å². The number of hydrogen-bond acceptors (Lipinski definition) is 2. The molecule has 2 N–H and O–H groups in total. The lowest BCUT2D eigenvalue weighted by molar-refractivity contribution is -0.134. The van der Waals surface area contributed by atoms with Crippen molar-refractivity contribution in [3.8, 4) is 0 Å².